The van der Waals surface area contributed by atoms with Crippen molar-refractivity contribution in [1.82, 2.24) is 15.1 Å². The van der Waals surface area contributed by atoms with Gasteiger partial charge in [-0.1, -0.05) is 0 Å². The number of nitrogens with zero attached hydrogens (tertiary/aromatic N) is 2. The molecule has 0 unspecified atom stereocenters. The van der Waals surface area contributed by atoms with E-state index < -0.39 is 0 Å². The summed E-state index contributed by atoms with van der Waals surface area (Å²) in [5, 5.41) is 2.98. The zero-order valence-electron chi connectivity index (χ0n) is 12.2. The van der Waals surface area contributed by atoms with Crippen LogP contribution >= 0.6 is 0 Å². The Hall–Kier alpha value is -1.26. The van der Waals surface area contributed by atoms with Gasteiger partial charge in [0.1, 0.15) is 0 Å². The van der Waals surface area contributed by atoms with E-state index in [0.717, 1.165) is 32.4 Å². The van der Waals surface area contributed by atoms with Gasteiger partial charge in [0.15, 0.2) is 0 Å². The van der Waals surface area contributed by atoms with Gasteiger partial charge in [-0.25, -0.2) is 4.79 Å². The molecular formula is C14H25N3O2. The van der Waals surface area contributed by atoms with Gasteiger partial charge in [0, 0.05) is 37.6 Å². The number of amides is 3. The lowest BCUT2D eigenvalue weighted by Crippen LogP contribution is -2.49. The van der Waals surface area contributed by atoms with E-state index in [1.165, 1.54) is 0 Å². The number of urea groups is 1. The molecule has 2 rings (SSSR count). The van der Waals surface area contributed by atoms with Gasteiger partial charge in [-0.05, 0) is 40.0 Å². The smallest absolute Gasteiger partial charge is 0.317 e. The minimum atomic E-state index is -0.215. The number of hydrogen-bond donors (Lipinski definition) is 1. The lowest BCUT2D eigenvalue weighted by Gasteiger charge is -2.27. The third-order valence-corrected chi connectivity index (χ3v) is 3.50. The standard InChI is InChI=1S/C14H25N3O2/c1-14(2,3)15-13(19)17-8-4-7-16(9-10-17)12(18)11-5-6-11/h11H,4-10H2,1-3H3,(H,15,19). The Balaban J connectivity index is 1.85. The summed E-state index contributed by atoms with van der Waals surface area (Å²) in [6, 6.07) is -0.0202. The number of nitrogens with one attached hydrogen (secondary N) is 1. The van der Waals surface area contributed by atoms with Gasteiger partial charge < -0.3 is 15.1 Å². The maximum atomic E-state index is 12.1. The molecule has 1 heterocycles. The minimum Gasteiger partial charge on any atom is -0.341 e. The molecule has 0 spiro atoms. The van der Waals surface area contributed by atoms with Crippen LogP contribution in [0.3, 0.4) is 0 Å². The van der Waals surface area contributed by atoms with Gasteiger partial charge in [-0.2, -0.15) is 0 Å². The van der Waals surface area contributed by atoms with Crippen molar-refractivity contribution in [1.29, 1.82) is 0 Å². The lowest BCUT2D eigenvalue weighted by atomic mass is 10.1. The summed E-state index contributed by atoms with van der Waals surface area (Å²) in [6.45, 7) is 8.77. The predicted octanol–water partition coefficient (Wildman–Crippen LogP) is 1.44. The zero-order chi connectivity index (χ0) is 14.0. The van der Waals surface area contributed by atoms with Crippen LogP contribution < -0.4 is 5.32 Å². The summed E-state index contributed by atoms with van der Waals surface area (Å²) in [5.41, 5.74) is -0.215. The average molecular weight is 267 g/mol. The molecule has 5 nitrogen and oxygen atoms in total. The van der Waals surface area contributed by atoms with Gasteiger partial charge in [0.2, 0.25) is 5.91 Å². The first-order chi connectivity index (χ1) is 8.87. The van der Waals surface area contributed by atoms with E-state index in [9.17, 15) is 9.59 Å². The van der Waals surface area contributed by atoms with E-state index in [4.69, 9.17) is 0 Å². The Kier molecular flexibility index (Phi) is 4.02. The van der Waals surface area contributed by atoms with Crippen LogP contribution in [-0.2, 0) is 4.79 Å². The molecule has 2 aliphatic rings. The van der Waals surface area contributed by atoms with E-state index in [1.54, 1.807) is 0 Å². The van der Waals surface area contributed by atoms with Gasteiger partial charge in [0.25, 0.3) is 0 Å². The molecule has 1 saturated heterocycles. The number of carbonyl (C=O) groups excluding carboxylic acids is 2. The summed E-state index contributed by atoms with van der Waals surface area (Å²) in [7, 11) is 0. The average Bonchev–Trinajstić information content (AvgIpc) is 3.13. The summed E-state index contributed by atoms with van der Waals surface area (Å²) in [6.07, 6.45) is 2.96. The highest BCUT2D eigenvalue weighted by Gasteiger charge is 2.34. The third-order valence-electron chi connectivity index (χ3n) is 3.50. The topological polar surface area (TPSA) is 52.7 Å². The van der Waals surface area contributed by atoms with Crippen molar-refractivity contribution in [3.63, 3.8) is 0 Å². The predicted molar refractivity (Wildman–Crippen MR) is 73.8 cm³/mol. The Bertz CT molecular complexity index is 358. The molecule has 0 bridgehead atoms. The normalized spacial score (nSPS) is 21.0. The highest BCUT2D eigenvalue weighted by molar-refractivity contribution is 5.81. The molecule has 19 heavy (non-hydrogen) atoms. The Morgan fingerprint density at radius 1 is 1.00 bits per heavy atom. The Labute approximate surface area is 115 Å². The molecule has 0 radical (unpaired) electrons. The molecule has 108 valence electrons. The van der Waals surface area contributed by atoms with Gasteiger partial charge in [-0.15, -0.1) is 0 Å². The minimum absolute atomic E-state index is 0.0202. The molecule has 0 aromatic heterocycles. The summed E-state index contributed by atoms with van der Waals surface area (Å²) < 4.78 is 0. The van der Waals surface area contributed by atoms with Gasteiger partial charge in [-0.3, -0.25) is 4.79 Å². The second-order valence-corrected chi connectivity index (χ2v) is 6.62. The fourth-order valence-electron chi connectivity index (χ4n) is 2.33. The first-order valence-electron chi connectivity index (χ1n) is 7.23. The Morgan fingerprint density at radius 3 is 2.16 bits per heavy atom. The van der Waals surface area contributed by atoms with Gasteiger partial charge >= 0.3 is 6.03 Å². The molecule has 0 atom stereocenters. The van der Waals surface area contributed by atoms with Crippen LogP contribution in [0, 0.1) is 5.92 Å². The van der Waals surface area contributed by atoms with Crippen LogP contribution in [0.2, 0.25) is 0 Å². The van der Waals surface area contributed by atoms with Crippen molar-refractivity contribution in [3.8, 4) is 0 Å². The molecule has 1 aliphatic carbocycles. The number of carbonyl (C=O) groups is 2. The second kappa shape index (κ2) is 5.39. The van der Waals surface area contributed by atoms with Crippen LogP contribution in [0.5, 0.6) is 0 Å². The lowest BCUT2D eigenvalue weighted by molar-refractivity contribution is -0.132. The van der Waals surface area contributed by atoms with Crippen LogP contribution in [0.1, 0.15) is 40.0 Å². The number of rotatable bonds is 1. The molecule has 1 N–H and O–H groups in total. The van der Waals surface area contributed by atoms with Gasteiger partial charge in [0.05, 0.1) is 0 Å². The van der Waals surface area contributed by atoms with Crippen molar-refractivity contribution in [2.24, 2.45) is 5.92 Å². The first kappa shape index (κ1) is 14.2. The number of hydrogen-bond acceptors (Lipinski definition) is 2. The zero-order valence-corrected chi connectivity index (χ0v) is 12.2. The summed E-state index contributed by atoms with van der Waals surface area (Å²) in [4.78, 5) is 27.9. The first-order valence-corrected chi connectivity index (χ1v) is 7.23. The molecule has 1 aliphatic heterocycles. The van der Waals surface area contributed by atoms with E-state index in [2.05, 4.69) is 5.32 Å². The van der Waals surface area contributed by atoms with Crippen molar-refractivity contribution in [2.75, 3.05) is 26.2 Å². The fraction of sp³-hybridized carbons (Fsp3) is 0.857. The molecular weight excluding hydrogens is 242 g/mol. The SMILES string of the molecule is CC(C)(C)NC(=O)N1CCCN(C(=O)C2CC2)CC1. The van der Waals surface area contributed by atoms with E-state index in [1.807, 2.05) is 30.6 Å². The maximum Gasteiger partial charge on any atom is 0.317 e. The van der Waals surface area contributed by atoms with Crippen molar-refractivity contribution in [3.05, 3.63) is 0 Å². The van der Waals surface area contributed by atoms with Crippen molar-refractivity contribution < 1.29 is 9.59 Å². The van der Waals surface area contributed by atoms with Crippen molar-refractivity contribution >= 4 is 11.9 Å². The largest absolute Gasteiger partial charge is 0.341 e. The second-order valence-electron chi connectivity index (χ2n) is 6.62. The highest BCUT2D eigenvalue weighted by atomic mass is 16.2. The summed E-state index contributed by atoms with van der Waals surface area (Å²) >= 11 is 0. The van der Waals surface area contributed by atoms with E-state index in [0.29, 0.717) is 13.1 Å². The third kappa shape index (κ3) is 4.11. The Morgan fingerprint density at radius 2 is 1.58 bits per heavy atom. The fourth-order valence-corrected chi connectivity index (χ4v) is 2.33. The molecule has 0 aromatic rings. The van der Waals surface area contributed by atoms with E-state index >= 15 is 0 Å². The molecule has 0 aromatic carbocycles. The van der Waals surface area contributed by atoms with Crippen LogP contribution in [0.15, 0.2) is 0 Å². The molecule has 1 saturated carbocycles. The summed E-state index contributed by atoms with van der Waals surface area (Å²) in [5.74, 6) is 0.563. The van der Waals surface area contributed by atoms with Crippen LogP contribution in [0.4, 0.5) is 4.79 Å². The molecule has 2 fully saturated rings. The molecule has 3 amide bonds. The van der Waals surface area contributed by atoms with Crippen LogP contribution in [-0.4, -0.2) is 53.5 Å². The quantitative estimate of drug-likeness (QED) is 0.781. The van der Waals surface area contributed by atoms with E-state index in [-0.39, 0.29) is 23.4 Å². The monoisotopic (exact) mass is 267 g/mol. The maximum absolute atomic E-state index is 12.1. The highest BCUT2D eigenvalue weighted by Crippen LogP contribution is 2.31. The molecule has 5 heteroatoms. The van der Waals surface area contributed by atoms with Crippen LogP contribution in [0.25, 0.3) is 0 Å². The van der Waals surface area contributed by atoms with Crippen molar-refractivity contribution in [2.45, 2.75) is 45.6 Å².